The van der Waals surface area contributed by atoms with E-state index in [1.54, 1.807) is 13.8 Å². The fourth-order valence-electron chi connectivity index (χ4n) is 1.08. The molecule has 0 fully saturated rings. The predicted molar refractivity (Wildman–Crippen MR) is 51.0 cm³/mol. The number of hydrogen-bond donors (Lipinski definition) is 0. The van der Waals surface area contributed by atoms with Gasteiger partial charge in [-0.2, -0.15) is 27.1 Å². The zero-order valence-corrected chi connectivity index (χ0v) is 9.93. The fraction of sp³-hybridized carbons (Fsp3) is 0.857. The first-order valence-electron chi connectivity index (χ1n) is 4.28. The minimum Gasteiger partial charge on any atom is -0.262 e. The van der Waals surface area contributed by atoms with Gasteiger partial charge in [-0.05, 0) is 29.8 Å². The van der Waals surface area contributed by atoms with E-state index in [9.17, 15) is 22.0 Å². The quantitative estimate of drug-likeness (QED) is 0.444. The van der Waals surface area contributed by atoms with Gasteiger partial charge in [-0.25, -0.2) is 0 Å². The van der Waals surface area contributed by atoms with E-state index in [4.69, 9.17) is 0 Å². The van der Waals surface area contributed by atoms with Gasteiger partial charge in [0, 0.05) is 6.04 Å². The molecule has 0 N–H and O–H groups in total. The second-order valence-corrected chi connectivity index (χ2v) is 4.28. The van der Waals surface area contributed by atoms with E-state index in [1.165, 1.54) is 0 Å². The van der Waals surface area contributed by atoms with Crippen LogP contribution in [0, 0.1) is 0 Å². The zero-order chi connectivity index (χ0) is 12.7. The fourth-order valence-corrected chi connectivity index (χ4v) is 2.03. The summed E-state index contributed by atoms with van der Waals surface area (Å²) in [5.41, 5.74) is 0. The number of nitrogens with zero attached hydrogens (tertiary/aromatic N) is 3. The second kappa shape index (κ2) is 4.01. The summed E-state index contributed by atoms with van der Waals surface area (Å²) in [5, 5.41) is 3.27. The van der Waals surface area contributed by atoms with Crippen LogP contribution in [0.25, 0.3) is 0 Å². The Hall–Kier alpha value is -0.600. The van der Waals surface area contributed by atoms with Gasteiger partial charge in [0.1, 0.15) is 6.34 Å². The van der Waals surface area contributed by atoms with Crippen LogP contribution in [0.4, 0.5) is 22.0 Å². The van der Waals surface area contributed by atoms with Crippen molar-refractivity contribution in [1.29, 1.82) is 0 Å². The monoisotopic (exact) mass is 309 g/mol. The van der Waals surface area contributed by atoms with Crippen LogP contribution in [-0.2, 0) is 0 Å². The van der Waals surface area contributed by atoms with Gasteiger partial charge in [-0.1, -0.05) is 0 Å². The summed E-state index contributed by atoms with van der Waals surface area (Å²) in [4.78, 5) is -0.174. The minimum atomic E-state index is -5.64. The maximum Gasteiger partial charge on any atom is 0.475 e. The van der Waals surface area contributed by atoms with E-state index >= 15 is 0 Å². The average Bonchev–Trinajstić information content (AvgIpc) is 2.44. The number of hydrazone groups is 1. The molecule has 1 rings (SSSR count). The molecule has 0 aliphatic carbocycles. The largest absolute Gasteiger partial charge is 0.475 e. The standard InChI is InChI=1S/C7H9BrF5N3/c1-4(2)16-5(8)15(3-14-16)7(12,13)6(9,10)11/h3-5H,1-2H3. The van der Waals surface area contributed by atoms with Crippen molar-refractivity contribution < 1.29 is 22.0 Å². The van der Waals surface area contributed by atoms with Crippen molar-refractivity contribution in [3.63, 3.8) is 0 Å². The molecule has 0 aromatic rings. The Balaban J connectivity index is 2.90. The molecule has 0 amide bonds. The molecule has 1 atom stereocenters. The second-order valence-electron chi connectivity index (χ2n) is 3.46. The highest BCUT2D eigenvalue weighted by molar-refractivity contribution is 9.09. The summed E-state index contributed by atoms with van der Waals surface area (Å²) in [7, 11) is 0. The van der Waals surface area contributed by atoms with Crippen LogP contribution >= 0.6 is 15.9 Å². The van der Waals surface area contributed by atoms with Crippen molar-refractivity contribution >= 4 is 22.3 Å². The molecule has 0 aromatic carbocycles. The Morgan fingerprint density at radius 2 is 1.75 bits per heavy atom. The molecular formula is C7H9BrF5N3. The first-order valence-corrected chi connectivity index (χ1v) is 5.20. The lowest BCUT2D eigenvalue weighted by atomic mass is 10.4. The third-order valence-electron chi connectivity index (χ3n) is 1.95. The first kappa shape index (κ1) is 13.5. The lowest BCUT2D eigenvalue weighted by molar-refractivity contribution is -0.329. The van der Waals surface area contributed by atoms with Gasteiger partial charge in [0.15, 0.2) is 5.08 Å². The smallest absolute Gasteiger partial charge is 0.262 e. The molecule has 1 aliphatic rings. The maximum atomic E-state index is 13.0. The van der Waals surface area contributed by atoms with E-state index < -0.39 is 17.3 Å². The van der Waals surface area contributed by atoms with E-state index in [0.29, 0.717) is 6.34 Å². The van der Waals surface area contributed by atoms with Crippen molar-refractivity contribution in [2.75, 3.05) is 0 Å². The Morgan fingerprint density at radius 3 is 2.06 bits per heavy atom. The number of alkyl halides is 6. The van der Waals surface area contributed by atoms with Gasteiger partial charge in [-0.15, -0.1) is 0 Å². The first-order chi connectivity index (χ1) is 7.09. The lowest BCUT2D eigenvalue weighted by Gasteiger charge is -2.33. The SMILES string of the molecule is CC(C)N1N=CN(C(F)(F)C(F)(F)F)C1Br. The summed E-state index contributed by atoms with van der Waals surface area (Å²) in [6, 6.07) is -5.25. The van der Waals surface area contributed by atoms with Crippen molar-refractivity contribution in [3.05, 3.63) is 0 Å². The van der Waals surface area contributed by atoms with Gasteiger partial charge >= 0.3 is 12.2 Å². The van der Waals surface area contributed by atoms with E-state index in [-0.39, 0.29) is 10.9 Å². The highest BCUT2D eigenvalue weighted by atomic mass is 79.9. The minimum absolute atomic E-state index is 0.174. The van der Waals surface area contributed by atoms with Crippen LogP contribution in [0.2, 0.25) is 0 Å². The molecule has 0 bridgehead atoms. The van der Waals surface area contributed by atoms with Crippen LogP contribution < -0.4 is 0 Å². The highest BCUT2D eigenvalue weighted by Gasteiger charge is 2.64. The molecule has 0 saturated heterocycles. The summed E-state index contributed by atoms with van der Waals surface area (Å²) >= 11 is 2.75. The molecule has 94 valence electrons. The van der Waals surface area contributed by atoms with Crippen LogP contribution in [0.5, 0.6) is 0 Å². The number of rotatable bonds is 2. The molecule has 1 heterocycles. The molecular weight excluding hydrogens is 301 g/mol. The topological polar surface area (TPSA) is 18.8 Å². The van der Waals surface area contributed by atoms with Gasteiger partial charge in [0.2, 0.25) is 0 Å². The van der Waals surface area contributed by atoms with Gasteiger partial charge < -0.3 is 0 Å². The predicted octanol–water partition coefficient (Wildman–Crippen LogP) is 2.79. The van der Waals surface area contributed by atoms with Crippen molar-refractivity contribution in [2.45, 2.75) is 37.2 Å². The van der Waals surface area contributed by atoms with Gasteiger partial charge in [-0.3, -0.25) is 9.91 Å². The lowest BCUT2D eigenvalue weighted by Crippen LogP contribution is -2.55. The van der Waals surface area contributed by atoms with E-state index in [1.807, 2.05) is 0 Å². The average molecular weight is 310 g/mol. The molecule has 0 spiro atoms. The van der Waals surface area contributed by atoms with Crippen LogP contribution in [0.15, 0.2) is 5.10 Å². The molecule has 0 aromatic heterocycles. The molecule has 16 heavy (non-hydrogen) atoms. The summed E-state index contributed by atoms with van der Waals surface area (Å²) in [6.45, 7) is 3.25. The highest BCUT2D eigenvalue weighted by Crippen LogP contribution is 2.41. The van der Waals surface area contributed by atoms with E-state index in [2.05, 4.69) is 21.0 Å². The van der Waals surface area contributed by atoms with Crippen molar-refractivity contribution in [3.8, 4) is 0 Å². The Labute approximate surface area is 97.0 Å². The van der Waals surface area contributed by atoms with Crippen molar-refractivity contribution in [2.24, 2.45) is 5.10 Å². The van der Waals surface area contributed by atoms with Gasteiger partial charge in [0.25, 0.3) is 0 Å². The zero-order valence-electron chi connectivity index (χ0n) is 8.34. The third-order valence-corrected chi connectivity index (χ3v) is 2.81. The summed E-state index contributed by atoms with van der Waals surface area (Å²) < 4.78 is 62.2. The summed E-state index contributed by atoms with van der Waals surface area (Å²) in [6.07, 6.45) is -5.16. The molecule has 9 heteroatoms. The molecule has 0 saturated carbocycles. The normalized spacial score (nSPS) is 22.4. The van der Waals surface area contributed by atoms with Crippen LogP contribution in [-0.4, -0.2) is 39.6 Å². The van der Waals surface area contributed by atoms with Crippen molar-refractivity contribution in [1.82, 2.24) is 9.91 Å². The summed E-state index contributed by atoms with van der Waals surface area (Å²) in [5.74, 6) is 0. The van der Waals surface area contributed by atoms with Crippen LogP contribution in [0.3, 0.4) is 0 Å². The number of halogens is 6. The van der Waals surface area contributed by atoms with Crippen LogP contribution in [0.1, 0.15) is 13.8 Å². The van der Waals surface area contributed by atoms with E-state index in [0.717, 1.165) is 5.01 Å². The molecule has 1 unspecified atom stereocenters. The molecule has 1 aliphatic heterocycles. The maximum absolute atomic E-state index is 13.0. The molecule has 3 nitrogen and oxygen atoms in total. The van der Waals surface area contributed by atoms with Gasteiger partial charge in [0.05, 0.1) is 0 Å². The number of hydrogen-bond acceptors (Lipinski definition) is 3. The Morgan fingerprint density at radius 1 is 1.25 bits per heavy atom. The Kier molecular flexibility index (Phi) is 3.37. The third kappa shape index (κ3) is 2.09. The molecule has 0 radical (unpaired) electrons. The Bertz CT molecular complexity index is 290.